The predicted molar refractivity (Wildman–Crippen MR) is 46.4 cm³/mol. The lowest BCUT2D eigenvalue weighted by atomic mass is 10.4. The van der Waals surface area contributed by atoms with E-state index < -0.39 is 16.8 Å². The molecule has 1 rings (SSSR count). The fourth-order valence-electron chi connectivity index (χ4n) is 0.849. The largest absolute Gasteiger partial charge is 0.453 e. The van der Waals surface area contributed by atoms with E-state index in [0.717, 1.165) is 11.8 Å². The smallest absolute Gasteiger partial charge is 0.450 e. The lowest BCUT2D eigenvalue weighted by molar-refractivity contribution is -0.389. The van der Waals surface area contributed by atoms with E-state index in [9.17, 15) is 14.9 Å². The maximum Gasteiger partial charge on any atom is 0.453 e. The van der Waals surface area contributed by atoms with Crippen molar-refractivity contribution in [2.45, 2.75) is 6.92 Å². The first-order valence-electron chi connectivity index (χ1n) is 3.47. The van der Waals surface area contributed by atoms with Gasteiger partial charge in [0, 0.05) is 0 Å². The highest BCUT2D eigenvalue weighted by Gasteiger charge is 2.27. The Kier molecular flexibility index (Phi) is 2.70. The van der Waals surface area contributed by atoms with Gasteiger partial charge in [-0.25, -0.2) is 4.79 Å². The molecule has 14 heavy (non-hydrogen) atoms. The third-order valence-corrected chi connectivity index (χ3v) is 1.99. The topological polar surface area (TPSA) is 87.3 Å². The molecule has 76 valence electrons. The second kappa shape index (κ2) is 3.62. The maximum absolute atomic E-state index is 11.0. The number of methoxy groups -OCH3 is 1. The Bertz CT molecular complexity index is 400. The van der Waals surface area contributed by atoms with Gasteiger partial charge in [-0.15, -0.1) is 0 Å². The van der Waals surface area contributed by atoms with Crippen molar-refractivity contribution < 1.29 is 14.5 Å². The van der Waals surface area contributed by atoms with E-state index in [4.69, 9.17) is 11.6 Å². The van der Waals surface area contributed by atoms with Crippen molar-refractivity contribution in [3.05, 3.63) is 20.8 Å². The summed E-state index contributed by atoms with van der Waals surface area (Å²) < 4.78 is 5.08. The van der Waals surface area contributed by atoms with Gasteiger partial charge in [-0.1, -0.05) is 16.3 Å². The number of aromatic nitrogens is 2. The van der Waals surface area contributed by atoms with Crippen LogP contribution in [-0.4, -0.2) is 27.9 Å². The van der Waals surface area contributed by atoms with Gasteiger partial charge in [0.25, 0.3) is 0 Å². The second-order valence-corrected chi connectivity index (χ2v) is 2.74. The molecule has 1 aromatic heterocycles. The molecule has 0 atom stereocenters. The van der Waals surface area contributed by atoms with Crippen LogP contribution in [0, 0.1) is 17.0 Å². The van der Waals surface area contributed by atoms with Gasteiger partial charge in [0.15, 0.2) is 5.02 Å². The SMILES string of the molecule is COC(=O)n1nc([N+](=O)[O-])c(Cl)c1C. The molecule has 1 aromatic rings. The number of carbonyl (C=O) groups excluding carboxylic acids is 1. The van der Waals surface area contributed by atoms with Crippen molar-refractivity contribution in [1.29, 1.82) is 0 Å². The average molecular weight is 220 g/mol. The first kappa shape index (κ1) is 10.5. The molecule has 0 spiro atoms. The molecule has 0 bridgehead atoms. The van der Waals surface area contributed by atoms with Gasteiger partial charge < -0.3 is 14.9 Å². The number of carbonyl (C=O) groups is 1. The molecule has 0 radical (unpaired) electrons. The Morgan fingerprint density at radius 1 is 1.71 bits per heavy atom. The molecule has 0 saturated carbocycles. The van der Waals surface area contributed by atoms with Crippen LogP contribution in [0.2, 0.25) is 5.02 Å². The summed E-state index contributed by atoms with van der Waals surface area (Å²) in [5, 5.41) is 13.6. The second-order valence-electron chi connectivity index (χ2n) is 2.36. The van der Waals surface area contributed by atoms with Gasteiger partial charge in [-0.2, -0.15) is 0 Å². The molecule has 0 amide bonds. The number of hydrogen-bond donors (Lipinski definition) is 0. The van der Waals surface area contributed by atoms with Crippen LogP contribution in [0.25, 0.3) is 0 Å². The molecule has 8 heteroatoms. The van der Waals surface area contributed by atoms with Crippen LogP contribution in [0.3, 0.4) is 0 Å². The van der Waals surface area contributed by atoms with Gasteiger partial charge in [-0.05, 0) is 11.8 Å². The van der Waals surface area contributed by atoms with E-state index in [0.29, 0.717) is 0 Å². The fourth-order valence-corrected chi connectivity index (χ4v) is 1.04. The summed E-state index contributed by atoms with van der Waals surface area (Å²) in [6.45, 7) is 1.43. The van der Waals surface area contributed by atoms with Crippen LogP contribution in [0.1, 0.15) is 5.69 Å². The van der Waals surface area contributed by atoms with Crippen molar-refractivity contribution >= 4 is 23.5 Å². The molecule has 0 N–H and O–H groups in total. The summed E-state index contributed by atoms with van der Waals surface area (Å²) >= 11 is 5.58. The summed E-state index contributed by atoms with van der Waals surface area (Å²) in [6, 6.07) is 0. The monoisotopic (exact) mass is 219 g/mol. The van der Waals surface area contributed by atoms with Crippen LogP contribution in [0.5, 0.6) is 0 Å². The summed E-state index contributed by atoms with van der Waals surface area (Å²) in [6.07, 6.45) is -0.822. The number of halogens is 1. The molecule has 7 nitrogen and oxygen atoms in total. The number of nitrogens with zero attached hydrogens (tertiary/aromatic N) is 3. The summed E-state index contributed by atoms with van der Waals surface area (Å²) in [7, 11) is 1.14. The minimum Gasteiger partial charge on any atom is -0.450 e. The number of rotatable bonds is 1. The number of nitro groups is 1. The molecule has 0 unspecified atom stereocenters. The Labute approximate surface area is 83.4 Å². The molecule has 0 aliphatic rings. The standard InChI is InChI=1S/C6H6ClN3O4/c1-3-4(7)5(10(12)13)8-9(3)6(11)14-2/h1-2H3. The number of ether oxygens (including phenoxy) is 1. The highest BCUT2D eigenvalue weighted by molar-refractivity contribution is 6.33. The van der Waals surface area contributed by atoms with Gasteiger partial charge in [-0.3, -0.25) is 0 Å². The van der Waals surface area contributed by atoms with E-state index >= 15 is 0 Å². The minimum atomic E-state index is -0.822. The maximum atomic E-state index is 11.0. The molecule has 0 aliphatic carbocycles. The predicted octanol–water partition coefficient (Wildman–Crippen LogP) is 1.37. The lowest BCUT2D eigenvalue weighted by Gasteiger charge is -1.94. The normalized spacial score (nSPS) is 9.93. The van der Waals surface area contributed by atoms with Gasteiger partial charge in [0.05, 0.1) is 17.9 Å². The van der Waals surface area contributed by atoms with Crippen molar-refractivity contribution in [3.63, 3.8) is 0 Å². The first-order chi connectivity index (χ1) is 6.49. The van der Waals surface area contributed by atoms with Crippen LogP contribution in [0.15, 0.2) is 0 Å². The molecule has 1 heterocycles. The van der Waals surface area contributed by atoms with Gasteiger partial charge >= 0.3 is 11.9 Å². The van der Waals surface area contributed by atoms with Gasteiger partial charge in [0.1, 0.15) is 0 Å². The molecule has 0 saturated heterocycles. The summed E-state index contributed by atoms with van der Waals surface area (Å²) in [5.74, 6) is -0.561. The quantitative estimate of drug-likeness (QED) is 0.526. The van der Waals surface area contributed by atoms with Crippen molar-refractivity contribution in [2.24, 2.45) is 0 Å². The average Bonchev–Trinajstić information content (AvgIpc) is 2.43. The Morgan fingerprint density at radius 2 is 2.29 bits per heavy atom. The fraction of sp³-hybridized carbons (Fsp3) is 0.333. The third kappa shape index (κ3) is 1.53. The van der Waals surface area contributed by atoms with E-state index in [1.807, 2.05) is 0 Å². The van der Waals surface area contributed by atoms with Crippen LogP contribution in [0.4, 0.5) is 10.6 Å². The van der Waals surface area contributed by atoms with Gasteiger partial charge in [0.2, 0.25) is 0 Å². The zero-order valence-electron chi connectivity index (χ0n) is 7.35. The van der Waals surface area contributed by atoms with E-state index in [1.165, 1.54) is 6.92 Å². The molecule has 0 aromatic carbocycles. The lowest BCUT2D eigenvalue weighted by Crippen LogP contribution is -2.14. The highest BCUT2D eigenvalue weighted by Crippen LogP contribution is 2.26. The van der Waals surface area contributed by atoms with E-state index in [2.05, 4.69) is 9.84 Å². The molecular weight excluding hydrogens is 214 g/mol. The molecule has 0 aliphatic heterocycles. The van der Waals surface area contributed by atoms with Crippen molar-refractivity contribution in [3.8, 4) is 0 Å². The van der Waals surface area contributed by atoms with Crippen molar-refractivity contribution in [1.82, 2.24) is 9.78 Å². The van der Waals surface area contributed by atoms with Crippen LogP contribution < -0.4 is 0 Å². The van der Waals surface area contributed by atoms with E-state index in [-0.39, 0.29) is 10.7 Å². The van der Waals surface area contributed by atoms with Crippen molar-refractivity contribution in [2.75, 3.05) is 7.11 Å². The Morgan fingerprint density at radius 3 is 2.64 bits per heavy atom. The zero-order valence-corrected chi connectivity index (χ0v) is 8.11. The number of hydrogen-bond acceptors (Lipinski definition) is 5. The highest BCUT2D eigenvalue weighted by atomic mass is 35.5. The Hall–Kier alpha value is -1.63. The molecule has 0 fully saturated rings. The van der Waals surface area contributed by atoms with E-state index in [1.54, 1.807) is 0 Å². The summed E-state index contributed by atoms with van der Waals surface area (Å²) in [5.41, 5.74) is 0.171. The molecular formula is C6H6ClN3O4. The zero-order chi connectivity index (χ0) is 10.9. The third-order valence-electron chi connectivity index (χ3n) is 1.55. The first-order valence-corrected chi connectivity index (χ1v) is 3.84. The van der Waals surface area contributed by atoms with Crippen LogP contribution >= 0.6 is 11.6 Å². The Balaban J connectivity index is 3.28. The van der Waals surface area contributed by atoms with Crippen LogP contribution in [-0.2, 0) is 4.74 Å². The minimum absolute atomic E-state index is 0.166. The summed E-state index contributed by atoms with van der Waals surface area (Å²) in [4.78, 5) is 20.6.